The highest BCUT2D eigenvalue weighted by Crippen LogP contribution is 2.33. The van der Waals surface area contributed by atoms with Crippen molar-refractivity contribution in [1.82, 2.24) is 9.62 Å². The molecular weight excluding hydrogens is 364 g/mol. The number of benzene rings is 2. The Kier molecular flexibility index (Phi) is 6.26. The predicted octanol–water partition coefficient (Wildman–Crippen LogP) is 2.59. The highest BCUT2D eigenvalue weighted by atomic mass is 32.2. The van der Waals surface area contributed by atoms with E-state index in [1.165, 1.54) is 19.2 Å². The fourth-order valence-electron chi connectivity index (χ4n) is 3.36. The summed E-state index contributed by atoms with van der Waals surface area (Å²) in [5.41, 5.74) is 1.49. The average molecular weight is 388 g/mol. The summed E-state index contributed by atoms with van der Waals surface area (Å²) in [6.07, 6.45) is 1.84. The zero-order chi connectivity index (χ0) is 19.3. The number of ether oxygens (including phenoxy) is 1. The first-order chi connectivity index (χ1) is 13.0. The molecule has 7 heteroatoms. The Bertz CT molecular complexity index is 884. The highest BCUT2D eigenvalue weighted by Gasteiger charge is 2.30. The number of carbonyl (C=O) groups is 1. The Morgan fingerprint density at radius 2 is 1.96 bits per heavy atom. The van der Waals surface area contributed by atoms with Gasteiger partial charge in [-0.25, -0.2) is 13.1 Å². The van der Waals surface area contributed by atoms with E-state index < -0.39 is 10.0 Å². The highest BCUT2D eigenvalue weighted by molar-refractivity contribution is 7.89. The van der Waals surface area contributed by atoms with E-state index in [2.05, 4.69) is 4.72 Å². The lowest BCUT2D eigenvalue weighted by molar-refractivity contribution is 0.0735. The van der Waals surface area contributed by atoms with E-state index in [9.17, 15) is 13.2 Å². The number of hydrogen-bond acceptors (Lipinski definition) is 4. The minimum Gasteiger partial charge on any atom is -0.383 e. The van der Waals surface area contributed by atoms with Crippen LogP contribution in [-0.2, 0) is 14.8 Å². The Morgan fingerprint density at radius 3 is 2.70 bits per heavy atom. The maximum atomic E-state index is 13.1. The molecule has 1 fully saturated rings. The molecule has 144 valence electrons. The zero-order valence-electron chi connectivity index (χ0n) is 15.3. The lowest BCUT2D eigenvalue weighted by Gasteiger charge is -2.25. The van der Waals surface area contributed by atoms with Crippen LogP contribution < -0.4 is 4.72 Å². The number of methoxy groups -OCH3 is 1. The largest absolute Gasteiger partial charge is 0.383 e. The molecule has 0 bridgehead atoms. The van der Waals surface area contributed by atoms with E-state index in [4.69, 9.17) is 4.74 Å². The maximum absolute atomic E-state index is 13.1. The van der Waals surface area contributed by atoms with Gasteiger partial charge in [-0.15, -0.1) is 0 Å². The van der Waals surface area contributed by atoms with Crippen LogP contribution in [0.2, 0.25) is 0 Å². The summed E-state index contributed by atoms with van der Waals surface area (Å²) in [6.45, 7) is 1.13. The minimum absolute atomic E-state index is 0.0267. The molecule has 0 radical (unpaired) electrons. The summed E-state index contributed by atoms with van der Waals surface area (Å²) in [5, 5.41) is 0. The SMILES string of the molecule is COCCNS(=O)(=O)c1cccc(C(=O)N2CCCC2c2ccccc2)c1. The van der Waals surface area contributed by atoms with Crippen LogP contribution in [0.15, 0.2) is 59.5 Å². The van der Waals surface area contributed by atoms with E-state index >= 15 is 0 Å². The van der Waals surface area contributed by atoms with E-state index in [1.807, 2.05) is 35.2 Å². The predicted molar refractivity (Wildman–Crippen MR) is 103 cm³/mol. The van der Waals surface area contributed by atoms with Crippen LogP contribution in [0.25, 0.3) is 0 Å². The number of rotatable bonds is 7. The molecule has 1 aliphatic rings. The van der Waals surface area contributed by atoms with Gasteiger partial charge in [0.1, 0.15) is 0 Å². The fraction of sp³-hybridized carbons (Fsp3) is 0.350. The average Bonchev–Trinajstić information content (AvgIpc) is 3.18. The molecule has 1 unspecified atom stereocenters. The van der Waals surface area contributed by atoms with E-state index in [1.54, 1.807) is 12.1 Å². The van der Waals surface area contributed by atoms with Crippen LogP contribution in [0.5, 0.6) is 0 Å². The monoisotopic (exact) mass is 388 g/mol. The third kappa shape index (κ3) is 4.55. The van der Waals surface area contributed by atoms with Crippen molar-refractivity contribution < 1.29 is 17.9 Å². The van der Waals surface area contributed by atoms with Crippen molar-refractivity contribution in [1.29, 1.82) is 0 Å². The fourth-order valence-corrected chi connectivity index (χ4v) is 4.41. The molecule has 0 spiro atoms. The second kappa shape index (κ2) is 8.65. The summed E-state index contributed by atoms with van der Waals surface area (Å²) < 4.78 is 32.1. The summed E-state index contributed by atoms with van der Waals surface area (Å²) >= 11 is 0. The van der Waals surface area contributed by atoms with Crippen molar-refractivity contribution in [2.75, 3.05) is 26.8 Å². The van der Waals surface area contributed by atoms with E-state index in [-0.39, 0.29) is 30.0 Å². The van der Waals surface area contributed by atoms with Crippen LogP contribution in [0, 0.1) is 0 Å². The van der Waals surface area contributed by atoms with Gasteiger partial charge in [-0.3, -0.25) is 4.79 Å². The number of carbonyl (C=O) groups excluding carboxylic acids is 1. The molecule has 1 N–H and O–H groups in total. The van der Waals surface area contributed by atoms with E-state index in [0.29, 0.717) is 12.1 Å². The smallest absolute Gasteiger partial charge is 0.254 e. The van der Waals surface area contributed by atoms with Crippen molar-refractivity contribution >= 4 is 15.9 Å². The third-order valence-corrected chi connectivity index (χ3v) is 6.15. The standard InChI is InChI=1S/C20H24N2O4S/c1-26-14-12-21-27(24,25)18-10-5-9-17(15-18)20(23)22-13-6-11-19(22)16-7-3-2-4-8-16/h2-5,7-10,15,19,21H,6,11-14H2,1H3. The Morgan fingerprint density at radius 1 is 1.19 bits per heavy atom. The molecule has 2 aromatic rings. The summed E-state index contributed by atoms with van der Waals surface area (Å²) in [7, 11) is -2.17. The molecule has 0 aliphatic carbocycles. The Labute approximate surface area is 160 Å². The summed E-state index contributed by atoms with van der Waals surface area (Å²) in [5.74, 6) is -0.143. The first kappa shape index (κ1) is 19.5. The molecule has 2 aromatic carbocycles. The normalized spacial score (nSPS) is 17.2. The number of amides is 1. The number of nitrogens with zero attached hydrogens (tertiary/aromatic N) is 1. The van der Waals surface area contributed by atoms with Crippen LogP contribution in [0.3, 0.4) is 0 Å². The number of likely N-dealkylation sites (tertiary alicyclic amines) is 1. The summed E-state index contributed by atoms with van der Waals surface area (Å²) in [6, 6.07) is 16.2. The molecule has 1 heterocycles. The van der Waals surface area contributed by atoms with E-state index in [0.717, 1.165) is 18.4 Å². The van der Waals surface area contributed by atoms with Crippen LogP contribution in [0.4, 0.5) is 0 Å². The van der Waals surface area contributed by atoms with Crippen molar-refractivity contribution in [3.63, 3.8) is 0 Å². The number of nitrogens with one attached hydrogen (secondary N) is 1. The first-order valence-corrected chi connectivity index (χ1v) is 10.5. The number of sulfonamides is 1. The van der Waals surface area contributed by atoms with Crippen LogP contribution in [0.1, 0.15) is 34.8 Å². The maximum Gasteiger partial charge on any atom is 0.254 e. The van der Waals surface area contributed by atoms with Gasteiger partial charge < -0.3 is 9.64 Å². The van der Waals surface area contributed by atoms with Crippen molar-refractivity contribution in [2.45, 2.75) is 23.8 Å². The van der Waals surface area contributed by atoms with Gasteiger partial charge in [-0.1, -0.05) is 36.4 Å². The lowest BCUT2D eigenvalue weighted by atomic mass is 10.0. The third-order valence-electron chi connectivity index (χ3n) is 4.69. The molecule has 0 aromatic heterocycles. The molecule has 1 atom stereocenters. The van der Waals surface area contributed by atoms with Gasteiger partial charge in [-0.2, -0.15) is 0 Å². The van der Waals surface area contributed by atoms with Crippen LogP contribution >= 0.6 is 0 Å². The van der Waals surface area contributed by atoms with Gasteiger partial charge in [0, 0.05) is 25.8 Å². The number of hydrogen-bond donors (Lipinski definition) is 1. The zero-order valence-corrected chi connectivity index (χ0v) is 16.1. The molecule has 1 aliphatic heterocycles. The molecule has 1 saturated heterocycles. The topological polar surface area (TPSA) is 75.7 Å². The quantitative estimate of drug-likeness (QED) is 0.740. The molecular formula is C20H24N2O4S. The van der Waals surface area contributed by atoms with Crippen molar-refractivity contribution in [3.8, 4) is 0 Å². The molecule has 6 nitrogen and oxygen atoms in total. The van der Waals surface area contributed by atoms with Gasteiger partial charge in [0.05, 0.1) is 17.5 Å². The van der Waals surface area contributed by atoms with Crippen molar-refractivity contribution in [3.05, 3.63) is 65.7 Å². The second-order valence-corrected chi connectivity index (χ2v) is 8.25. The minimum atomic E-state index is -3.68. The van der Waals surface area contributed by atoms with Crippen LogP contribution in [-0.4, -0.2) is 46.0 Å². The Balaban J connectivity index is 1.81. The molecule has 1 amide bonds. The van der Waals surface area contributed by atoms with Gasteiger partial charge >= 0.3 is 0 Å². The molecule has 0 saturated carbocycles. The summed E-state index contributed by atoms with van der Waals surface area (Å²) in [4.78, 5) is 15.0. The van der Waals surface area contributed by atoms with Gasteiger partial charge in [-0.05, 0) is 36.6 Å². The first-order valence-electron chi connectivity index (χ1n) is 8.97. The lowest BCUT2D eigenvalue weighted by Crippen LogP contribution is -2.31. The molecule has 27 heavy (non-hydrogen) atoms. The second-order valence-electron chi connectivity index (χ2n) is 6.49. The van der Waals surface area contributed by atoms with Gasteiger partial charge in [0.25, 0.3) is 5.91 Å². The van der Waals surface area contributed by atoms with Crippen molar-refractivity contribution in [2.24, 2.45) is 0 Å². The van der Waals surface area contributed by atoms with Gasteiger partial charge in [0.15, 0.2) is 0 Å². The van der Waals surface area contributed by atoms with Gasteiger partial charge in [0.2, 0.25) is 10.0 Å². The molecule has 3 rings (SSSR count). The Hall–Kier alpha value is -2.22.